The van der Waals surface area contributed by atoms with Gasteiger partial charge >= 0.3 is 0 Å². The third-order valence-electron chi connectivity index (χ3n) is 3.39. The fraction of sp³-hybridized carbons (Fsp3) is 0.333. The first kappa shape index (κ1) is 18.7. The van der Waals surface area contributed by atoms with Crippen LogP contribution < -0.4 is 0 Å². The molecule has 0 spiro atoms. The van der Waals surface area contributed by atoms with Gasteiger partial charge in [0.2, 0.25) is 9.84 Å². The van der Waals surface area contributed by atoms with Crippen LogP contribution in [-0.4, -0.2) is 29.9 Å². The number of benzene rings is 1. The highest BCUT2D eigenvalue weighted by Crippen LogP contribution is 2.31. The molecule has 1 N–H and O–H groups in total. The van der Waals surface area contributed by atoms with Crippen molar-refractivity contribution >= 4 is 33.0 Å². The maximum absolute atomic E-state index is 13.1. The van der Waals surface area contributed by atoms with Gasteiger partial charge in [0, 0.05) is 10.0 Å². The number of halogens is 2. The van der Waals surface area contributed by atoms with E-state index in [0.717, 1.165) is 0 Å². The molecular weight excluding hydrogens is 373 g/mol. The van der Waals surface area contributed by atoms with Gasteiger partial charge in [0.25, 0.3) is 0 Å². The summed E-state index contributed by atoms with van der Waals surface area (Å²) < 4.78 is 27.6. The molecule has 1 aromatic carbocycles. The highest BCUT2D eigenvalue weighted by molar-refractivity contribution is 7.91. The summed E-state index contributed by atoms with van der Waals surface area (Å²) in [5.74, 6) is 0. The van der Waals surface area contributed by atoms with Gasteiger partial charge in [-0.25, -0.2) is 8.42 Å². The zero-order valence-corrected chi connectivity index (χ0v) is 15.2. The van der Waals surface area contributed by atoms with Gasteiger partial charge < -0.3 is 5.11 Å². The first-order valence-corrected chi connectivity index (χ1v) is 9.36. The van der Waals surface area contributed by atoms with Crippen molar-refractivity contribution in [1.29, 1.82) is 5.26 Å². The van der Waals surface area contributed by atoms with Crippen molar-refractivity contribution in [3.8, 4) is 6.07 Å². The monoisotopic (exact) mass is 387 g/mol. The highest BCUT2D eigenvalue weighted by atomic mass is 35.5. The molecule has 0 aliphatic heterocycles. The average molecular weight is 388 g/mol. The fourth-order valence-corrected chi connectivity index (χ4v) is 4.90. The van der Waals surface area contributed by atoms with Gasteiger partial charge in [0.1, 0.15) is 4.90 Å². The number of nitriles is 1. The molecule has 2 rings (SSSR count). The smallest absolute Gasteiger partial charge is 0.210 e. The van der Waals surface area contributed by atoms with E-state index in [-0.39, 0.29) is 45.1 Å². The van der Waals surface area contributed by atoms with Crippen LogP contribution in [-0.2, 0) is 29.2 Å². The van der Waals surface area contributed by atoms with E-state index in [4.69, 9.17) is 33.6 Å². The summed E-state index contributed by atoms with van der Waals surface area (Å²) in [6.45, 7) is 1.74. The van der Waals surface area contributed by atoms with E-state index in [1.54, 1.807) is 6.92 Å². The minimum absolute atomic E-state index is 0.0154. The zero-order chi connectivity index (χ0) is 17.9. The van der Waals surface area contributed by atoms with Crippen LogP contribution in [0.1, 0.15) is 18.3 Å². The van der Waals surface area contributed by atoms with Crippen LogP contribution in [0.3, 0.4) is 0 Å². The van der Waals surface area contributed by atoms with E-state index < -0.39 is 9.84 Å². The molecule has 0 unspecified atom stereocenters. The Kier molecular flexibility index (Phi) is 5.88. The lowest BCUT2D eigenvalue weighted by atomic mass is 10.2. The maximum Gasteiger partial charge on any atom is 0.210 e. The van der Waals surface area contributed by atoms with Crippen molar-refractivity contribution in [2.45, 2.75) is 36.1 Å². The van der Waals surface area contributed by atoms with Crippen molar-refractivity contribution in [2.24, 2.45) is 0 Å². The molecule has 2 aromatic rings. The van der Waals surface area contributed by atoms with E-state index in [1.807, 2.05) is 6.07 Å². The number of hydrogen-bond donors (Lipinski definition) is 1. The number of rotatable bonds is 6. The molecule has 0 fully saturated rings. The molecule has 128 valence electrons. The van der Waals surface area contributed by atoms with E-state index in [2.05, 4.69) is 5.10 Å². The average Bonchev–Trinajstić information content (AvgIpc) is 2.85. The predicted octanol–water partition coefficient (Wildman–Crippen LogP) is 2.64. The summed E-state index contributed by atoms with van der Waals surface area (Å²) in [7, 11) is -3.96. The van der Waals surface area contributed by atoms with Crippen molar-refractivity contribution in [3.05, 3.63) is 39.6 Å². The Morgan fingerprint density at radius 2 is 1.92 bits per heavy atom. The Hall–Kier alpha value is -1.59. The summed E-state index contributed by atoms with van der Waals surface area (Å²) in [6, 6.07) is 5.98. The Balaban J connectivity index is 2.75. The summed E-state index contributed by atoms with van der Waals surface area (Å²) in [5, 5.41) is 22.7. The number of aromatic nitrogens is 2. The lowest BCUT2D eigenvalue weighted by Crippen LogP contribution is -2.10. The van der Waals surface area contributed by atoms with Crippen LogP contribution in [0.25, 0.3) is 0 Å². The number of aliphatic hydroxyl groups excluding tert-OH is 1. The molecule has 9 heteroatoms. The molecule has 0 saturated carbocycles. The van der Waals surface area contributed by atoms with Crippen molar-refractivity contribution in [3.63, 3.8) is 0 Å². The van der Waals surface area contributed by atoms with Gasteiger partial charge in [-0.1, -0.05) is 30.1 Å². The van der Waals surface area contributed by atoms with Crippen LogP contribution in [0.15, 0.2) is 28.0 Å². The number of aliphatic hydroxyl groups is 1. The van der Waals surface area contributed by atoms with Crippen LogP contribution in [0, 0.1) is 11.3 Å². The second kappa shape index (κ2) is 7.53. The lowest BCUT2D eigenvalue weighted by molar-refractivity contribution is 0.267. The van der Waals surface area contributed by atoms with Gasteiger partial charge in [-0.05, 0) is 24.6 Å². The highest BCUT2D eigenvalue weighted by Gasteiger charge is 2.29. The minimum atomic E-state index is -3.96. The number of nitrogens with zero attached hydrogens (tertiary/aromatic N) is 3. The molecule has 0 radical (unpaired) electrons. The molecule has 0 atom stereocenters. The van der Waals surface area contributed by atoms with Crippen LogP contribution >= 0.6 is 23.2 Å². The standard InChI is InChI=1S/C15H15Cl2N3O3S/c1-2-14-15(13(3-4-18)19-20(14)5-6-21)24(22,23)12-8-10(16)7-11(17)9-12/h7-9,21H,2-3,5-6H2,1H3. The molecule has 24 heavy (non-hydrogen) atoms. The Morgan fingerprint density at radius 3 is 2.42 bits per heavy atom. The van der Waals surface area contributed by atoms with Crippen LogP contribution in [0.2, 0.25) is 10.0 Å². The molecule has 0 aliphatic rings. The first-order chi connectivity index (χ1) is 11.3. The molecule has 0 amide bonds. The molecule has 0 saturated heterocycles. The normalized spacial score (nSPS) is 11.5. The first-order valence-electron chi connectivity index (χ1n) is 7.12. The van der Waals surface area contributed by atoms with E-state index in [1.165, 1.54) is 22.9 Å². The summed E-state index contributed by atoms with van der Waals surface area (Å²) in [4.78, 5) is -0.0734. The van der Waals surface area contributed by atoms with Crippen LogP contribution in [0.5, 0.6) is 0 Å². The van der Waals surface area contributed by atoms with E-state index >= 15 is 0 Å². The fourth-order valence-electron chi connectivity index (χ4n) is 2.46. The molecule has 0 aliphatic carbocycles. The minimum Gasteiger partial charge on any atom is -0.394 e. The predicted molar refractivity (Wildman–Crippen MR) is 89.9 cm³/mol. The van der Waals surface area contributed by atoms with Crippen molar-refractivity contribution < 1.29 is 13.5 Å². The van der Waals surface area contributed by atoms with Gasteiger partial charge in [-0.3, -0.25) is 4.68 Å². The van der Waals surface area contributed by atoms with Crippen LogP contribution in [0.4, 0.5) is 0 Å². The Bertz CT molecular complexity index is 881. The maximum atomic E-state index is 13.1. The lowest BCUT2D eigenvalue weighted by Gasteiger charge is -2.09. The second-order valence-corrected chi connectivity index (χ2v) is 7.73. The summed E-state index contributed by atoms with van der Waals surface area (Å²) in [5.41, 5.74) is 0.587. The van der Waals surface area contributed by atoms with Gasteiger partial charge in [0.05, 0.1) is 41.9 Å². The van der Waals surface area contributed by atoms with Crippen molar-refractivity contribution in [1.82, 2.24) is 9.78 Å². The number of sulfone groups is 1. The Labute approximate surface area is 150 Å². The zero-order valence-electron chi connectivity index (χ0n) is 12.8. The molecule has 6 nitrogen and oxygen atoms in total. The molecule has 0 bridgehead atoms. The molecular formula is C15H15Cl2N3O3S. The summed E-state index contributed by atoms with van der Waals surface area (Å²) in [6.07, 6.45) is 0.218. The third kappa shape index (κ3) is 3.57. The number of hydrogen-bond acceptors (Lipinski definition) is 5. The second-order valence-electron chi connectivity index (χ2n) is 4.97. The van der Waals surface area contributed by atoms with E-state index in [9.17, 15) is 8.42 Å². The van der Waals surface area contributed by atoms with E-state index in [0.29, 0.717) is 12.1 Å². The molecule has 1 aromatic heterocycles. The SMILES string of the molecule is CCc1c(S(=O)(=O)c2cc(Cl)cc(Cl)c2)c(CC#N)nn1CCO. The topological polar surface area (TPSA) is 96.0 Å². The van der Waals surface area contributed by atoms with Gasteiger partial charge in [-0.15, -0.1) is 0 Å². The molecule has 1 heterocycles. The summed E-state index contributed by atoms with van der Waals surface area (Å²) >= 11 is 11.8. The Morgan fingerprint density at radius 1 is 1.29 bits per heavy atom. The van der Waals surface area contributed by atoms with Crippen molar-refractivity contribution in [2.75, 3.05) is 6.61 Å². The van der Waals surface area contributed by atoms with Gasteiger partial charge in [0.15, 0.2) is 0 Å². The van der Waals surface area contributed by atoms with Gasteiger partial charge in [-0.2, -0.15) is 10.4 Å². The largest absolute Gasteiger partial charge is 0.394 e. The quantitative estimate of drug-likeness (QED) is 0.821. The third-order valence-corrected chi connectivity index (χ3v) is 5.69.